The summed E-state index contributed by atoms with van der Waals surface area (Å²) in [5.41, 5.74) is 2.03. The molecule has 2 unspecified atom stereocenters. The van der Waals surface area contributed by atoms with Gasteiger partial charge in [0.05, 0.1) is 10.5 Å². The van der Waals surface area contributed by atoms with Crippen LogP contribution in [-0.4, -0.2) is 28.7 Å². The lowest BCUT2D eigenvalue weighted by atomic mass is 9.89. The Hall–Kier alpha value is -2.87. The van der Waals surface area contributed by atoms with Crippen molar-refractivity contribution in [2.24, 2.45) is 0 Å². The van der Waals surface area contributed by atoms with E-state index in [1.165, 1.54) is 0 Å². The van der Waals surface area contributed by atoms with E-state index < -0.39 is 6.04 Å². The Morgan fingerprint density at radius 2 is 1.91 bits per heavy atom. The van der Waals surface area contributed by atoms with E-state index in [4.69, 9.17) is 16.1 Å². The summed E-state index contributed by atoms with van der Waals surface area (Å²) in [7, 11) is 1.78. The van der Waals surface area contributed by atoms with Crippen molar-refractivity contribution in [1.29, 1.82) is 0 Å². The van der Waals surface area contributed by atoms with Gasteiger partial charge in [0.25, 0.3) is 5.56 Å². The maximum absolute atomic E-state index is 13.6. The fourth-order valence-electron chi connectivity index (χ4n) is 5.24. The molecule has 1 amide bonds. The number of benzene rings is 2. The van der Waals surface area contributed by atoms with Gasteiger partial charge in [-0.15, -0.1) is 12.4 Å². The second-order valence-electron chi connectivity index (χ2n) is 8.93. The summed E-state index contributed by atoms with van der Waals surface area (Å²) in [4.78, 5) is 26.7. The van der Waals surface area contributed by atoms with Crippen LogP contribution in [0.4, 0.5) is 0 Å². The molecule has 4 aromatic rings. The highest BCUT2D eigenvalue weighted by atomic mass is 35.5. The zero-order valence-corrected chi connectivity index (χ0v) is 21.2. The van der Waals surface area contributed by atoms with Gasteiger partial charge in [0.2, 0.25) is 5.91 Å². The summed E-state index contributed by atoms with van der Waals surface area (Å²) in [6, 6.07) is 14.7. The van der Waals surface area contributed by atoms with Gasteiger partial charge in [-0.2, -0.15) is 0 Å². The largest absolute Gasteiger partial charge is 0.360 e. The minimum Gasteiger partial charge on any atom is -0.360 e. The Bertz CT molecular complexity index is 1420. The zero-order valence-electron chi connectivity index (χ0n) is 19.6. The number of pyridine rings is 1. The van der Waals surface area contributed by atoms with Crippen LogP contribution in [0.3, 0.4) is 0 Å². The number of hydrogen-bond acceptors (Lipinski definition) is 5. The summed E-state index contributed by atoms with van der Waals surface area (Å²) in [5.74, 6) is 0.417. The molecule has 0 bridgehead atoms. The van der Waals surface area contributed by atoms with Crippen LogP contribution >= 0.6 is 24.0 Å². The van der Waals surface area contributed by atoms with E-state index in [0.717, 1.165) is 35.7 Å². The Kier molecular flexibility index (Phi) is 7.50. The predicted molar refractivity (Wildman–Crippen MR) is 140 cm³/mol. The number of halogens is 2. The maximum atomic E-state index is 13.6. The van der Waals surface area contributed by atoms with Crippen molar-refractivity contribution in [3.63, 3.8) is 0 Å². The van der Waals surface area contributed by atoms with Gasteiger partial charge >= 0.3 is 0 Å². The van der Waals surface area contributed by atoms with Crippen molar-refractivity contribution in [2.75, 3.05) is 7.05 Å². The molecule has 7 nitrogen and oxygen atoms in total. The number of aromatic nitrogens is 2. The molecule has 2 N–H and O–H groups in total. The van der Waals surface area contributed by atoms with Crippen LogP contribution in [0.1, 0.15) is 49.1 Å². The minimum absolute atomic E-state index is 0. The number of amides is 1. The van der Waals surface area contributed by atoms with Crippen LogP contribution in [0.15, 0.2) is 57.8 Å². The molecule has 2 aromatic carbocycles. The first kappa shape index (κ1) is 25.2. The van der Waals surface area contributed by atoms with Crippen molar-refractivity contribution >= 4 is 51.7 Å². The van der Waals surface area contributed by atoms with E-state index in [9.17, 15) is 9.59 Å². The third kappa shape index (κ3) is 4.56. The van der Waals surface area contributed by atoms with E-state index in [0.29, 0.717) is 28.1 Å². The fraction of sp³-hybridized carbons (Fsp3) is 0.346. The van der Waals surface area contributed by atoms with Gasteiger partial charge in [0.1, 0.15) is 22.7 Å². The highest BCUT2D eigenvalue weighted by molar-refractivity contribution is 6.37. The summed E-state index contributed by atoms with van der Waals surface area (Å²) >= 11 is 6.55. The standard InChI is InChI=1S/C26H27ClN4O3.ClH/c1-15-21-24(30-34-15)22-19(27)12-7-13-20(22)31(26(21)33)18-11-6-10-17(14-18)29-25(32)23(28-2)16-8-4-3-5-9-16;/h3-5,7-9,12-13,17-18,23,28H,6,10-11,14H2,1-2H3,(H,29,32);1H/t17?,18-,23?;/m0./s1. The number of hydrogen-bond donors (Lipinski definition) is 2. The van der Waals surface area contributed by atoms with E-state index in [1.54, 1.807) is 20.0 Å². The topological polar surface area (TPSA) is 89.2 Å². The van der Waals surface area contributed by atoms with E-state index in [2.05, 4.69) is 15.8 Å². The number of carbonyl (C=O) groups excluding carboxylic acids is 1. The molecule has 35 heavy (non-hydrogen) atoms. The van der Waals surface area contributed by atoms with E-state index >= 15 is 0 Å². The molecule has 0 radical (unpaired) electrons. The molecule has 9 heteroatoms. The summed E-state index contributed by atoms with van der Waals surface area (Å²) in [6.07, 6.45) is 3.28. The Morgan fingerprint density at radius 1 is 1.14 bits per heavy atom. The van der Waals surface area contributed by atoms with Crippen molar-refractivity contribution in [3.05, 3.63) is 75.2 Å². The van der Waals surface area contributed by atoms with Crippen LogP contribution in [0.25, 0.3) is 21.8 Å². The molecule has 3 atom stereocenters. The quantitative estimate of drug-likeness (QED) is 0.387. The number of aryl methyl sites for hydroxylation is 1. The monoisotopic (exact) mass is 514 g/mol. The first-order chi connectivity index (χ1) is 16.5. The van der Waals surface area contributed by atoms with Crippen molar-refractivity contribution in [3.8, 4) is 0 Å². The minimum atomic E-state index is -0.431. The second-order valence-corrected chi connectivity index (χ2v) is 9.34. The lowest BCUT2D eigenvalue weighted by molar-refractivity contribution is -0.124. The number of rotatable bonds is 5. The third-order valence-corrected chi connectivity index (χ3v) is 7.14. The molecule has 2 heterocycles. The molecule has 1 fully saturated rings. The zero-order chi connectivity index (χ0) is 23.8. The normalized spacial score (nSPS) is 18.8. The molecule has 1 aliphatic rings. The molecule has 0 aliphatic heterocycles. The average Bonchev–Trinajstić information content (AvgIpc) is 3.22. The highest BCUT2D eigenvalue weighted by Crippen LogP contribution is 2.35. The first-order valence-electron chi connectivity index (χ1n) is 11.6. The number of carbonyl (C=O) groups is 1. The van der Waals surface area contributed by atoms with Crippen LogP contribution in [0, 0.1) is 6.92 Å². The Morgan fingerprint density at radius 3 is 2.66 bits per heavy atom. The van der Waals surface area contributed by atoms with Gasteiger partial charge in [0.15, 0.2) is 0 Å². The van der Waals surface area contributed by atoms with Gasteiger partial charge in [-0.25, -0.2) is 0 Å². The number of fused-ring (bicyclic) bond motifs is 3. The van der Waals surface area contributed by atoms with E-state index in [-0.39, 0.29) is 36.0 Å². The maximum Gasteiger partial charge on any atom is 0.264 e. The molecular formula is C26H28Cl2N4O3. The van der Waals surface area contributed by atoms with Crippen LogP contribution in [0.5, 0.6) is 0 Å². The van der Waals surface area contributed by atoms with Crippen LogP contribution in [0.2, 0.25) is 5.02 Å². The molecule has 0 saturated heterocycles. The van der Waals surface area contributed by atoms with E-state index in [1.807, 2.05) is 47.0 Å². The van der Waals surface area contributed by atoms with Crippen molar-refractivity contribution in [2.45, 2.75) is 50.7 Å². The van der Waals surface area contributed by atoms with Crippen LogP contribution < -0.4 is 16.2 Å². The lowest BCUT2D eigenvalue weighted by Crippen LogP contribution is -2.44. The second kappa shape index (κ2) is 10.4. The fourth-order valence-corrected chi connectivity index (χ4v) is 5.50. The summed E-state index contributed by atoms with van der Waals surface area (Å²) in [6.45, 7) is 1.75. The molecule has 2 aromatic heterocycles. The number of nitrogens with zero attached hydrogens (tertiary/aromatic N) is 2. The molecular weight excluding hydrogens is 487 g/mol. The summed E-state index contributed by atoms with van der Waals surface area (Å²) < 4.78 is 7.20. The van der Waals surface area contributed by atoms with Gasteiger partial charge in [-0.3, -0.25) is 9.59 Å². The van der Waals surface area contributed by atoms with Gasteiger partial charge < -0.3 is 19.7 Å². The summed E-state index contributed by atoms with van der Waals surface area (Å²) in [5, 5.41) is 12.2. The molecule has 1 saturated carbocycles. The van der Waals surface area contributed by atoms with Crippen molar-refractivity contribution < 1.29 is 9.32 Å². The first-order valence-corrected chi connectivity index (χ1v) is 12.0. The number of likely N-dealkylation sites (N-methyl/N-ethyl adjacent to an activating group) is 1. The van der Waals surface area contributed by atoms with Crippen LogP contribution in [-0.2, 0) is 4.79 Å². The number of nitrogens with one attached hydrogen (secondary N) is 2. The Labute approximate surface area is 214 Å². The smallest absolute Gasteiger partial charge is 0.264 e. The average molecular weight is 515 g/mol. The van der Waals surface area contributed by atoms with Crippen molar-refractivity contribution in [1.82, 2.24) is 20.4 Å². The van der Waals surface area contributed by atoms with Gasteiger partial charge in [-0.1, -0.05) is 53.2 Å². The van der Waals surface area contributed by atoms with Gasteiger partial charge in [0, 0.05) is 17.5 Å². The molecule has 5 rings (SSSR count). The van der Waals surface area contributed by atoms with Gasteiger partial charge in [-0.05, 0) is 57.4 Å². The SMILES string of the molecule is CNC(C(=O)NC1CCC[C@H](n2c(=O)c3c(C)onc3c3c(Cl)cccc32)C1)c1ccccc1.Cl. The molecule has 0 spiro atoms. The Balaban J connectivity index is 0.00000289. The molecule has 184 valence electrons. The molecule has 1 aliphatic carbocycles. The predicted octanol–water partition coefficient (Wildman–Crippen LogP) is 5.09. The highest BCUT2D eigenvalue weighted by Gasteiger charge is 2.30. The third-order valence-electron chi connectivity index (χ3n) is 6.83. The lowest BCUT2D eigenvalue weighted by Gasteiger charge is -2.33.